The van der Waals surface area contributed by atoms with Crippen LogP contribution < -0.4 is 20.9 Å². The van der Waals surface area contributed by atoms with Crippen molar-refractivity contribution < 1.29 is 4.74 Å². The van der Waals surface area contributed by atoms with Gasteiger partial charge < -0.3 is 15.4 Å². The lowest BCUT2D eigenvalue weighted by molar-refractivity contribution is 0.414. The van der Waals surface area contributed by atoms with Crippen LogP contribution in [0.15, 0.2) is 102 Å². The van der Waals surface area contributed by atoms with Crippen molar-refractivity contribution in [3.05, 3.63) is 124 Å². The molecule has 2 N–H and O–H groups in total. The van der Waals surface area contributed by atoms with Crippen LogP contribution in [0.2, 0.25) is 5.02 Å². The lowest BCUT2D eigenvalue weighted by Crippen LogP contribution is -2.26. The molecule has 0 aliphatic rings. The molecular weight excluding hydrogens is 536 g/mol. The fourth-order valence-electron chi connectivity index (χ4n) is 4.85. The fraction of sp³-hybridized carbons (Fsp3) is 0.125. The lowest BCUT2D eigenvalue weighted by atomic mass is 10.1. The van der Waals surface area contributed by atoms with E-state index in [1.807, 2.05) is 91.9 Å². The number of rotatable bonds is 8. The van der Waals surface area contributed by atoms with Gasteiger partial charge in [0.25, 0.3) is 5.56 Å². The Kier molecular flexibility index (Phi) is 7.22. The van der Waals surface area contributed by atoms with Crippen LogP contribution in [-0.2, 0) is 6.54 Å². The Balaban J connectivity index is 1.40. The Hall–Kier alpha value is -4.95. The van der Waals surface area contributed by atoms with Crippen molar-refractivity contribution in [2.45, 2.75) is 19.5 Å². The summed E-state index contributed by atoms with van der Waals surface area (Å²) in [5.41, 5.74) is 3.70. The van der Waals surface area contributed by atoms with E-state index in [0.29, 0.717) is 39.8 Å². The maximum atomic E-state index is 13.8. The topological polar surface area (TPSA) is 94.0 Å². The zero-order valence-electron chi connectivity index (χ0n) is 22.5. The molecule has 204 valence electrons. The molecule has 3 heterocycles. The van der Waals surface area contributed by atoms with Crippen LogP contribution in [0.4, 0.5) is 11.8 Å². The molecule has 0 saturated carbocycles. The number of methoxy groups -OCH3 is 1. The molecule has 1 atom stereocenters. The number of ether oxygens (including phenoxy) is 1. The highest BCUT2D eigenvalue weighted by Gasteiger charge is 2.20. The first kappa shape index (κ1) is 26.3. The molecule has 6 rings (SSSR count). The monoisotopic (exact) mass is 562 g/mol. The average molecular weight is 563 g/mol. The molecule has 0 unspecified atom stereocenters. The van der Waals surface area contributed by atoms with Gasteiger partial charge in [-0.3, -0.25) is 14.3 Å². The molecular formula is C32H27ClN6O2. The van der Waals surface area contributed by atoms with E-state index in [0.717, 1.165) is 28.1 Å². The summed E-state index contributed by atoms with van der Waals surface area (Å²) in [5, 5.41) is 8.50. The van der Waals surface area contributed by atoms with Crippen LogP contribution in [0.3, 0.4) is 0 Å². The van der Waals surface area contributed by atoms with E-state index < -0.39 is 0 Å². The molecule has 3 aromatic carbocycles. The summed E-state index contributed by atoms with van der Waals surface area (Å²) >= 11 is 6.49. The Morgan fingerprint density at radius 2 is 1.76 bits per heavy atom. The number of fused-ring (bicyclic) bond motifs is 2. The number of pyridine rings is 2. The molecule has 0 saturated heterocycles. The van der Waals surface area contributed by atoms with Crippen molar-refractivity contribution in [1.29, 1.82) is 0 Å². The first-order valence-corrected chi connectivity index (χ1v) is 13.6. The molecule has 6 aromatic rings. The molecule has 0 radical (unpaired) electrons. The van der Waals surface area contributed by atoms with Gasteiger partial charge in [-0.1, -0.05) is 54.1 Å². The predicted octanol–water partition coefficient (Wildman–Crippen LogP) is 6.78. The Bertz CT molecular complexity index is 1910. The van der Waals surface area contributed by atoms with Crippen molar-refractivity contribution in [3.63, 3.8) is 0 Å². The van der Waals surface area contributed by atoms with Gasteiger partial charge in [-0.05, 0) is 66.4 Å². The third-order valence-corrected chi connectivity index (χ3v) is 7.22. The normalized spacial score (nSPS) is 11.9. The first-order valence-electron chi connectivity index (χ1n) is 13.2. The molecule has 0 aliphatic heterocycles. The third-order valence-electron chi connectivity index (χ3n) is 6.90. The van der Waals surface area contributed by atoms with E-state index in [2.05, 4.69) is 20.6 Å². The molecule has 0 aliphatic carbocycles. The lowest BCUT2D eigenvalue weighted by Gasteiger charge is -2.22. The number of anilines is 2. The first-order chi connectivity index (χ1) is 20.0. The van der Waals surface area contributed by atoms with Gasteiger partial charge >= 0.3 is 0 Å². The number of para-hydroxylation sites is 1. The second-order valence-corrected chi connectivity index (χ2v) is 9.99. The van der Waals surface area contributed by atoms with Gasteiger partial charge in [0.1, 0.15) is 11.3 Å². The molecule has 0 bridgehead atoms. The van der Waals surface area contributed by atoms with Gasteiger partial charge in [0, 0.05) is 24.1 Å². The fourth-order valence-corrected chi connectivity index (χ4v) is 5.12. The number of halogens is 1. The number of nitrogens with one attached hydrogen (secondary N) is 2. The highest BCUT2D eigenvalue weighted by molar-refractivity contribution is 6.35. The van der Waals surface area contributed by atoms with Crippen molar-refractivity contribution in [1.82, 2.24) is 19.5 Å². The number of hydrogen-bond donors (Lipinski definition) is 2. The summed E-state index contributed by atoms with van der Waals surface area (Å²) in [6.07, 6.45) is 1.71. The van der Waals surface area contributed by atoms with E-state index in [9.17, 15) is 4.79 Å². The quantitative estimate of drug-likeness (QED) is 0.211. The maximum Gasteiger partial charge on any atom is 0.264 e. The van der Waals surface area contributed by atoms with Gasteiger partial charge in [-0.25, -0.2) is 4.98 Å². The van der Waals surface area contributed by atoms with E-state index in [4.69, 9.17) is 21.3 Å². The van der Waals surface area contributed by atoms with Crippen LogP contribution >= 0.6 is 11.6 Å². The van der Waals surface area contributed by atoms with E-state index in [-0.39, 0.29) is 11.6 Å². The van der Waals surface area contributed by atoms with Gasteiger partial charge in [-0.2, -0.15) is 4.98 Å². The highest BCUT2D eigenvalue weighted by atomic mass is 35.5. The molecule has 0 fully saturated rings. The van der Waals surface area contributed by atoms with Crippen LogP contribution in [0.25, 0.3) is 27.5 Å². The van der Waals surface area contributed by atoms with Gasteiger partial charge in [0.2, 0.25) is 5.95 Å². The van der Waals surface area contributed by atoms with Crippen LogP contribution in [0.5, 0.6) is 5.75 Å². The third kappa shape index (κ3) is 5.29. The standard InChI is InChI=1S/C32H27ClN6O2/c1-20(27-18-22-8-6-11-25(33)28(22)31(40)39(27)23-9-4-3-5-10-23)36-30-29-26(12-7-17-34-29)37-32(38-30)35-19-21-13-15-24(41-2)16-14-21/h3-18,20H,19H2,1-2H3,(H2,35,36,37,38)/t20-/m0/s1. The second kappa shape index (κ2) is 11.3. The summed E-state index contributed by atoms with van der Waals surface area (Å²) in [6, 6.07) is 28.2. The maximum absolute atomic E-state index is 13.8. The summed E-state index contributed by atoms with van der Waals surface area (Å²) in [4.78, 5) is 27.9. The molecule has 0 amide bonds. The largest absolute Gasteiger partial charge is 0.497 e. The number of aromatic nitrogens is 4. The highest BCUT2D eigenvalue weighted by Crippen LogP contribution is 2.29. The minimum absolute atomic E-state index is 0.185. The minimum atomic E-state index is -0.333. The van der Waals surface area contributed by atoms with Gasteiger partial charge in [0.15, 0.2) is 5.82 Å². The van der Waals surface area contributed by atoms with Crippen LogP contribution in [0, 0.1) is 0 Å². The van der Waals surface area contributed by atoms with E-state index in [1.165, 1.54) is 0 Å². The van der Waals surface area contributed by atoms with E-state index >= 15 is 0 Å². The zero-order chi connectivity index (χ0) is 28.3. The van der Waals surface area contributed by atoms with Gasteiger partial charge in [0.05, 0.1) is 29.1 Å². The molecule has 41 heavy (non-hydrogen) atoms. The molecule has 8 nitrogen and oxygen atoms in total. The number of benzene rings is 3. The Morgan fingerprint density at radius 1 is 0.951 bits per heavy atom. The van der Waals surface area contributed by atoms with Crippen molar-refractivity contribution in [3.8, 4) is 11.4 Å². The molecule has 9 heteroatoms. The second-order valence-electron chi connectivity index (χ2n) is 9.58. The molecule has 3 aromatic heterocycles. The zero-order valence-corrected chi connectivity index (χ0v) is 23.3. The summed E-state index contributed by atoms with van der Waals surface area (Å²) in [6.45, 7) is 2.52. The minimum Gasteiger partial charge on any atom is -0.497 e. The Labute approximate surface area is 241 Å². The molecule has 0 spiro atoms. The van der Waals surface area contributed by atoms with Crippen molar-refractivity contribution in [2.24, 2.45) is 0 Å². The smallest absolute Gasteiger partial charge is 0.264 e. The average Bonchev–Trinajstić information content (AvgIpc) is 3.00. The van der Waals surface area contributed by atoms with Crippen LogP contribution in [-0.4, -0.2) is 26.6 Å². The SMILES string of the molecule is COc1ccc(CNc2nc(N[C@@H](C)c3cc4cccc(Cl)c4c(=O)n3-c3ccccc3)c3ncccc3n2)cc1. The summed E-state index contributed by atoms with van der Waals surface area (Å²) in [5.74, 6) is 1.81. The number of hydrogen-bond acceptors (Lipinski definition) is 7. The van der Waals surface area contributed by atoms with Crippen molar-refractivity contribution in [2.75, 3.05) is 17.7 Å². The number of nitrogens with zero attached hydrogens (tertiary/aromatic N) is 4. The van der Waals surface area contributed by atoms with E-state index in [1.54, 1.807) is 23.9 Å². The van der Waals surface area contributed by atoms with Crippen LogP contribution in [0.1, 0.15) is 24.2 Å². The van der Waals surface area contributed by atoms with Crippen molar-refractivity contribution >= 4 is 45.2 Å². The van der Waals surface area contributed by atoms with Gasteiger partial charge in [-0.15, -0.1) is 0 Å². The predicted molar refractivity (Wildman–Crippen MR) is 164 cm³/mol. The summed E-state index contributed by atoms with van der Waals surface area (Å²) in [7, 11) is 1.64. The Morgan fingerprint density at radius 3 is 2.54 bits per heavy atom. The summed E-state index contributed by atoms with van der Waals surface area (Å²) < 4.78 is 6.95.